The van der Waals surface area contributed by atoms with E-state index in [1.807, 2.05) is 0 Å². The van der Waals surface area contributed by atoms with E-state index in [1.54, 1.807) is 18.2 Å². The molecule has 19 heavy (non-hydrogen) atoms. The van der Waals surface area contributed by atoms with Crippen molar-refractivity contribution < 1.29 is 17.9 Å². The molecule has 0 radical (unpaired) electrons. The van der Waals surface area contributed by atoms with Crippen LogP contribution in [0.2, 0.25) is 0 Å². The van der Waals surface area contributed by atoms with Gasteiger partial charge in [-0.15, -0.1) is 0 Å². The summed E-state index contributed by atoms with van der Waals surface area (Å²) in [5.74, 6) is 6.01. The molecule has 0 aromatic heterocycles. The molecule has 3 N–H and O–H groups in total. The van der Waals surface area contributed by atoms with E-state index in [4.69, 9.17) is 10.6 Å². The summed E-state index contributed by atoms with van der Waals surface area (Å²) in [6.07, 6.45) is -4.65. The SMILES string of the molecule is COc1cc(Br)ccc1C(CCCC(F)(F)F)NN. The number of nitrogens with one attached hydrogen (secondary N) is 1. The second-order valence-electron chi connectivity index (χ2n) is 4.11. The summed E-state index contributed by atoms with van der Waals surface area (Å²) in [7, 11) is 1.51. The topological polar surface area (TPSA) is 47.3 Å². The Morgan fingerprint density at radius 3 is 2.63 bits per heavy atom. The Labute approximate surface area is 118 Å². The fourth-order valence-electron chi connectivity index (χ4n) is 1.81. The van der Waals surface area contributed by atoms with Crippen molar-refractivity contribution in [1.82, 2.24) is 5.43 Å². The number of hydrogen-bond acceptors (Lipinski definition) is 3. The molecule has 1 aromatic rings. The Morgan fingerprint density at radius 2 is 2.11 bits per heavy atom. The molecule has 1 rings (SSSR count). The van der Waals surface area contributed by atoms with E-state index < -0.39 is 12.6 Å². The molecule has 0 spiro atoms. The minimum absolute atomic E-state index is 0.0115. The Kier molecular flexibility index (Phi) is 6.09. The highest BCUT2D eigenvalue weighted by molar-refractivity contribution is 9.10. The molecule has 3 nitrogen and oxygen atoms in total. The van der Waals surface area contributed by atoms with E-state index in [-0.39, 0.29) is 18.9 Å². The zero-order valence-corrected chi connectivity index (χ0v) is 12.0. The maximum Gasteiger partial charge on any atom is 0.389 e. The number of halogens is 4. The van der Waals surface area contributed by atoms with Crippen LogP contribution in [0.1, 0.15) is 30.9 Å². The van der Waals surface area contributed by atoms with Crippen LogP contribution in [0, 0.1) is 0 Å². The lowest BCUT2D eigenvalue weighted by molar-refractivity contribution is -0.135. The average molecular weight is 341 g/mol. The van der Waals surface area contributed by atoms with Gasteiger partial charge in [0.25, 0.3) is 0 Å². The number of rotatable bonds is 6. The first kappa shape index (κ1) is 16.3. The van der Waals surface area contributed by atoms with Gasteiger partial charge in [-0.3, -0.25) is 11.3 Å². The summed E-state index contributed by atoms with van der Waals surface area (Å²) in [6, 6.07) is 4.96. The van der Waals surface area contributed by atoms with Gasteiger partial charge < -0.3 is 4.74 Å². The largest absolute Gasteiger partial charge is 0.496 e. The Hall–Kier alpha value is -0.790. The van der Waals surface area contributed by atoms with Crippen LogP contribution < -0.4 is 16.0 Å². The van der Waals surface area contributed by atoms with Crippen LogP contribution in [0.25, 0.3) is 0 Å². The fourth-order valence-corrected chi connectivity index (χ4v) is 2.15. The third-order valence-electron chi connectivity index (χ3n) is 2.73. The summed E-state index contributed by atoms with van der Waals surface area (Å²) in [4.78, 5) is 0. The third kappa shape index (κ3) is 5.38. The molecule has 108 valence electrons. The van der Waals surface area contributed by atoms with Crippen LogP contribution in [0.15, 0.2) is 22.7 Å². The molecule has 0 fully saturated rings. The molecule has 0 saturated carbocycles. The van der Waals surface area contributed by atoms with E-state index in [0.717, 1.165) is 10.0 Å². The van der Waals surface area contributed by atoms with Crippen molar-refractivity contribution >= 4 is 15.9 Å². The zero-order chi connectivity index (χ0) is 14.5. The monoisotopic (exact) mass is 340 g/mol. The van der Waals surface area contributed by atoms with Crippen molar-refractivity contribution in [3.05, 3.63) is 28.2 Å². The van der Waals surface area contributed by atoms with Crippen LogP contribution in [0.5, 0.6) is 5.75 Å². The minimum atomic E-state index is -4.14. The van der Waals surface area contributed by atoms with E-state index in [1.165, 1.54) is 7.11 Å². The van der Waals surface area contributed by atoms with Gasteiger partial charge in [-0.25, -0.2) is 0 Å². The van der Waals surface area contributed by atoms with Crippen molar-refractivity contribution in [2.75, 3.05) is 7.11 Å². The standard InChI is InChI=1S/C12H16BrF3N2O/c1-19-11-7-8(13)4-5-9(11)10(18-17)3-2-6-12(14,15)16/h4-5,7,10,18H,2-3,6,17H2,1H3. The number of benzene rings is 1. The molecule has 7 heteroatoms. The number of ether oxygens (including phenoxy) is 1. The first-order valence-corrected chi connectivity index (χ1v) is 6.53. The summed E-state index contributed by atoms with van der Waals surface area (Å²) < 4.78 is 42.4. The van der Waals surface area contributed by atoms with Crippen LogP contribution in [0.4, 0.5) is 13.2 Å². The van der Waals surface area contributed by atoms with E-state index in [0.29, 0.717) is 5.75 Å². The third-order valence-corrected chi connectivity index (χ3v) is 3.22. The number of nitrogens with two attached hydrogens (primary N) is 1. The molecular formula is C12H16BrF3N2O. The Bertz CT molecular complexity index is 412. The Balaban J connectivity index is 2.74. The van der Waals surface area contributed by atoms with Gasteiger partial charge in [0.1, 0.15) is 5.75 Å². The van der Waals surface area contributed by atoms with Crippen LogP contribution in [-0.4, -0.2) is 13.3 Å². The summed E-state index contributed by atoms with van der Waals surface area (Å²) in [5, 5.41) is 0. The lowest BCUT2D eigenvalue weighted by Gasteiger charge is -2.19. The van der Waals surface area contributed by atoms with Crippen molar-refractivity contribution in [3.8, 4) is 5.75 Å². The van der Waals surface area contributed by atoms with Crippen LogP contribution in [-0.2, 0) is 0 Å². The van der Waals surface area contributed by atoms with Crippen molar-refractivity contribution in [2.45, 2.75) is 31.5 Å². The van der Waals surface area contributed by atoms with Gasteiger partial charge in [-0.1, -0.05) is 22.0 Å². The highest BCUT2D eigenvalue weighted by Gasteiger charge is 2.27. The summed E-state index contributed by atoms with van der Waals surface area (Å²) in [5.41, 5.74) is 3.28. The Morgan fingerprint density at radius 1 is 1.42 bits per heavy atom. The van der Waals surface area contributed by atoms with Gasteiger partial charge in [0.15, 0.2) is 0 Å². The second kappa shape index (κ2) is 7.12. The molecular weight excluding hydrogens is 325 g/mol. The lowest BCUT2D eigenvalue weighted by atomic mass is 10.0. The highest BCUT2D eigenvalue weighted by atomic mass is 79.9. The van der Waals surface area contributed by atoms with Gasteiger partial charge in [0, 0.05) is 22.5 Å². The molecule has 0 saturated heterocycles. The first-order valence-electron chi connectivity index (χ1n) is 5.73. The van der Waals surface area contributed by atoms with Gasteiger partial charge in [0.2, 0.25) is 0 Å². The highest BCUT2D eigenvalue weighted by Crippen LogP contribution is 2.32. The number of hydrogen-bond donors (Lipinski definition) is 2. The molecule has 0 amide bonds. The predicted molar refractivity (Wildman–Crippen MR) is 70.7 cm³/mol. The van der Waals surface area contributed by atoms with Crippen molar-refractivity contribution in [3.63, 3.8) is 0 Å². The lowest BCUT2D eigenvalue weighted by Crippen LogP contribution is -2.28. The molecule has 0 aliphatic heterocycles. The van der Waals surface area contributed by atoms with Gasteiger partial charge in [-0.2, -0.15) is 13.2 Å². The quantitative estimate of drug-likeness (QED) is 0.613. The maximum atomic E-state index is 12.1. The molecule has 1 aromatic carbocycles. The van der Waals surface area contributed by atoms with Gasteiger partial charge in [0.05, 0.1) is 7.11 Å². The van der Waals surface area contributed by atoms with Gasteiger partial charge >= 0.3 is 6.18 Å². The van der Waals surface area contributed by atoms with E-state index in [9.17, 15) is 13.2 Å². The van der Waals surface area contributed by atoms with Crippen molar-refractivity contribution in [1.29, 1.82) is 0 Å². The zero-order valence-electron chi connectivity index (χ0n) is 10.4. The number of alkyl halides is 3. The molecule has 0 aliphatic rings. The first-order chi connectivity index (χ1) is 8.87. The maximum absolute atomic E-state index is 12.1. The normalized spacial score (nSPS) is 13.4. The predicted octanol–water partition coefficient (Wildman–Crippen LogP) is 3.69. The van der Waals surface area contributed by atoms with Crippen molar-refractivity contribution in [2.24, 2.45) is 5.84 Å². The van der Waals surface area contributed by atoms with Gasteiger partial charge in [-0.05, 0) is 25.0 Å². The van der Waals surface area contributed by atoms with Crippen LogP contribution >= 0.6 is 15.9 Å². The molecule has 0 bridgehead atoms. The summed E-state index contributed by atoms with van der Waals surface area (Å²) >= 11 is 3.31. The van der Waals surface area contributed by atoms with E-state index in [2.05, 4.69) is 21.4 Å². The summed E-state index contributed by atoms with van der Waals surface area (Å²) in [6.45, 7) is 0. The smallest absolute Gasteiger partial charge is 0.389 e. The number of hydrazine groups is 1. The molecule has 1 unspecified atom stereocenters. The molecule has 0 heterocycles. The molecule has 1 atom stereocenters. The average Bonchev–Trinajstić information content (AvgIpc) is 2.34. The van der Waals surface area contributed by atoms with E-state index >= 15 is 0 Å². The number of methoxy groups -OCH3 is 1. The fraction of sp³-hybridized carbons (Fsp3) is 0.500. The molecule has 0 aliphatic carbocycles. The van der Waals surface area contributed by atoms with Crippen LogP contribution in [0.3, 0.4) is 0 Å². The minimum Gasteiger partial charge on any atom is -0.496 e. The second-order valence-corrected chi connectivity index (χ2v) is 5.03.